The number of nitrogens with two attached hydrogens (primary N) is 1. The van der Waals surface area contributed by atoms with Gasteiger partial charge < -0.3 is 21.1 Å². The Morgan fingerprint density at radius 1 is 1.23 bits per heavy atom. The minimum atomic E-state index is -0.305. The first-order chi connectivity index (χ1) is 10.6. The number of ether oxygens (including phenoxy) is 1. The van der Waals surface area contributed by atoms with Crippen LogP contribution in [0.1, 0.15) is 5.56 Å². The van der Waals surface area contributed by atoms with Gasteiger partial charge in [0.05, 0.1) is 17.8 Å². The number of carbonyl (C=O) groups is 1. The maximum absolute atomic E-state index is 11.8. The number of hydrogen-bond acceptors (Lipinski definition) is 3. The van der Waals surface area contributed by atoms with Crippen molar-refractivity contribution in [3.05, 3.63) is 53.1 Å². The van der Waals surface area contributed by atoms with Crippen LogP contribution in [0.4, 0.5) is 16.2 Å². The van der Waals surface area contributed by atoms with E-state index in [4.69, 9.17) is 22.1 Å². The average molecular weight is 320 g/mol. The molecule has 2 aromatic carbocycles. The molecule has 0 saturated carbocycles. The molecule has 2 amide bonds. The zero-order valence-electron chi connectivity index (χ0n) is 12.2. The Kier molecular flexibility index (Phi) is 5.49. The van der Waals surface area contributed by atoms with E-state index in [9.17, 15) is 4.79 Å². The highest BCUT2D eigenvalue weighted by atomic mass is 35.5. The fourth-order valence-electron chi connectivity index (χ4n) is 1.91. The molecular formula is C16H18ClN3O2. The van der Waals surface area contributed by atoms with Crippen LogP contribution in [-0.4, -0.2) is 19.7 Å². The van der Waals surface area contributed by atoms with Crippen LogP contribution in [0.2, 0.25) is 5.02 Å². The van der Waals surface area contributed by atoms with Gasteiger partial charge in [-0.05, 0) is 42.3 Å². The molecule has 4 N–H and O–H groups in total. The lowest BCUT2D eigenvalue weighted by Crippen LogP contribution is -2.30. The van der Waals surface area contributed by atoms with Crippen LogP contribution in [0.15, 0.2) is 42.5 Å². The molecule has 0 aliphatic carbocycles. The van der Waals surface area contributed by atoms with Crippen LogP contribution in [0.25, 0.3) is 0 Å². The third kappa shape index (κ3) is 4.56. The van der Waals surface area contributed by atoms with Crippen LogP contribution < -0.4 is 21.1 Å². The lowest BCUT2D eigenvalue weighted by atomic mass is 10.1. The van der Waals surface area contributed by atoms with Gasteiger partial charge in [0.1, 0.15) is 5.75 Å². The van der Waals surface area contributed by atoms with Gasteiger partial charge in [0, 0.05) is 12.2 Å². The minimum absolute atomic E-state index is 0.305. The molecule has 0 aromatic heterocycles. The van der Waals surface area contributed by atoms with Crippen LogP contribution in [0, 0.1) is 0 Å². The first-order valence-electron chi connectivity index (χ1n) is 6.81. The summed E-state index contributed by atoms with van der Waals surface area (Å²) in [6.07, 6.45) is 0.729. The van der Waals surface area contributed by atoms with E-state index in [1.807, 2.05) is 24.3 Å². The molecule has 0 spiro atoms. The number of nitrogens with one attached hydrogen (secondary N) is 2. The molecule has 0 heterocycles. The Balaban J connectivity index is 1.79. The molecule has 0 unspecified atom stereocenters. The summed E-state index contributed by atoms with van der Waals surface area (Å²) in [6, 6.07) is 12.4. The molecule has 2 aromatic rings. The number of hydrogen-bond donors (Lipinski definition) is 3. The second-order valence-corrected chi connectivity index (χ2v) is 5.13. The third-order valence-corrected chi connectivity index (χ3v) is 3.41. The van der Waals surface area contributed by atoms with E-state index < -0.39 is 0 Å². The predicted octanol–water partition coefficient (Wildman–Crippen LogP) is 3.30. The molecule has 0 bridgehead atoms. The van der Waals surface area contributed by atoms with Gasteiger partial charge >= 0.3 is 6.03 Å². The molecule has 0 aliphatic heterocycles. The van der Waals surface area contributed by atoms with Crippen molar-refractivity contribution in [3.63, 3.8) is 0 Å². The van der Waals surface area contributed by atoms with E-state index in [1.165, 1.54) is 0 Å². The first kappa shape index (κ1) is 16.0. The number of amides is 2. The van der Waals surface area contributed by atoms with E-state index in [2.05, 4.69) is 10.6 Å². The standard InChI is InChI=1S/C16H18ClN3O2/c1-22-13-5-2-11(3-6-13)8-9-19-16(21)20-15-7-4-12(18)10-14(15)17/h2-7,10H,8-9,18H2,1H3,(H2,19,20,21). The van der Waals surface area contributed by atoms with Gasteiger partial charge in [0.2, 0.25) is 0 Å². The summed E-state index contributed by atoms with van der Waals surface area (Å²) in [7, 11) is 1.63. The smallest absolute Gasteiger partial charge is 0.319 e. The number of rotatable bonds is 5. The van der Waals surface area contributed by atoms with Crippen LogP contribution in [0.5, 0.6) is 5.75 Å². The molecule has 5 nitrogen and oxygen atoms in total. The Labute approximate surface area is 134 Å². The number of halogens is 1. The highest BCUT2D eigenvalue weighted by Crippen LogP contribution is 2.23. The summed E-state index contributed by atoms with van der Waals surface area (Å²) >= 11 is 6.00. The van der Waals surface area contributed by atoms with Crippen LogP contribution in [-0.2, 0) is 6.42 Å². The van der Waals surface area contributed by atoms with Gasteiger partial charge in [-0.25, -0.2) is 4.79 Å². The molecule has 0 radical (unpaired) electrons. The topological polar surface area (TPSA) is 76.4 Å². The molecule has 0 aliphatic rings. The number of anilines is 2. The number of urea groups is 1. The number of methoxy groups -OCH3 is 1. The number of nitrogen functional groups attached to an aromatic ring is 1. The molecule has 2 rings (SSSR count). The molecule has 0 atom stereocenters. The van der Waals surface area contributed by atoms with Crippen molar-refractivity contribution in [2.24, 2.45) is 0 Å². The summed E-state index contributed by atoms with van der Waals surface area (Å²) in [4.78, 5) is 11.8. The third-order valence-electron chi connectivity index (χ3n) is 3.10. The van der Waals surface area contributed by atoms with E-state index in [1.54, 1.807) is 25.3 Å². The largest absolute Gasteiger partial charge is 0.497 e. The lowest BCUT2D eigenvalue weighted by molar-refractivity contribution is 0.252. The SMILES string of the molecule is COc1ccc(CCNC(=O)Nc2ccc(N)cc2Cl)cc1. The average Bonchev–Trinajstić information content (AvgIpc) is 2.51. The Morgan fingerprint density at radius 3 is 2.59 bits per heavy atom. The van der Waals surface area contributed by atoms with Crippen molar-refractivity contribution in [2.75, 3.05) is 24.7 Å². The van der Waals surface area contributed by atoms with Crippen molar-refractivity contribution in [2.45, 2.75) is 6.42 Å². The summed E-state index contributed by atoms with van der Waals surface area (Å²) in [5, 5.41) is 5.87. The normalized spacial score (nSPS) is 10.1. The van der Waals surface area contributed by atoms with Gasteiger partial charge in [-0.2, -0.15) is 0 Å². The van der Waals surface area contributed by atoms with Crippen molar-refractivity contribution in [3.8, 4) is 5.75 Å². The second kappa shape index (κ2) is 7.56. The highest BCUT2D eigenvalue weighted by Gasteiger charge is 2.05. The summed E-state index contributed by atoms with van der Waals surface area (Å²) in [5.74, 6) is 0.812. The Hall–Kier alpha value is -2.40. The highest BCUT2D eigenvalue weighted by molar-refractivity contribution is 6.34. The van der Waals surface area contributed by atoms with Gasteiger partial charge in [0.25, 0.3) is 0 Å². The van der Waals surface area contributed by atoms with Crippen molar-refractivity contribution in [1.82, 2.24) is 5.32 Å². The van der Waals surface area contributed by atoms with Gasteiger partial charge in [-0.3, -0.25) is 0 Å². The Bertz CT molecular complexity index is 644. The molecule has 6 heteroatoms. The summed E-state index contributed by atoms with van der Waals surface area (Å²) in [5.41, 5.74) is 7.80. The van der Waals surface area contributed by atoms with E-state index >= 15 is 0 Å². The van der Waals surface area contributed by atoms with Crippen LogP contribution >= 0.6 is 11.6 Å². The van der Waals surface area contributed by atoms with Crippen LogP contribution in [0.3, 0.4) is 0 Å². The van der Waals surface area contributed by atoms with Crippen molar-refractivity contribution >= 4 is 29.0 Å². The zero-order chi connectivity index (χ0) is 15.9. The molecule has 0 fully saturated rings. The van der Waals surface area contributed by atoms with Gasteiger partial charge in [0.15, 0.2) is 0 Å². The van der Waals surface area contributed by atoms with Gasteiger partial charge in [-0.1, -0.05) is 23.7 Å². The lowest BCUT2D eigenvalue weighted by Gasteiger charge is -2.09. The maximum Gasteiger partial charge on any atom is 0.319 e. The summed E-state index contributed by atoms with van der Waals surface area (Å²) in [6.45, 7) is 0.519. The summed E-state index contributed by atoms with van der Waals surface area (Å²) < 4.78 is 5.10. The maximum atomic E-state index is 11.8. The van der Waals surface area contributed by atoms with E-state index in [0.29, 0.717) is 22.9 Å². The monoisotopic (exact) mass is 319 g/mol. The molecule has 0 saturated heterocycles. The minimum Gasteiger partial charge on any atom is -0.497 e. The first-order valence-corrected chi connectivity index (χ1v) is 7.19. The zero-order valence-corrected chi connectivity index (χ0v) is 13.0. The van der Waals surface area contributed by atoms with E-state index in [-0.39, 0.29) is 6.03 Å². The van der Waals surface area contributed by atoms with Gasteiger partial charge in [-0.15, -0.1) is 0 Å². The second-order valence-electron chi connectivity index (χ2n) is 4.72. The molecule has 116 valence electrons. The van der Waals surface area contributed by atoms with Crippen molar-refractivity contribution < 1.29 is 9.53 Å². The predicted molar refractivity (Wildman–Crippen MR) is 89.6 cm³/mol. The quantitative estimate of drug-likeness (QED) is 0.740. The fourth-order valence-corrected chi connectivity index (χ4v) is 2.15. The number of carbonyl (C=O) groups excluding carboxylic acids is 1. The fraction of sp³-hybridized carbons (Fsp3) is 0.188. The van der Waals surface area contributed by atoms with Crippen molar-refractivity contribution in [1.29, 1.82) is 0 Å². The molecule has 22 heavy (non-hydrogen) atoms. The Morgan fingerprint density at radius 2 is 1.95 bits per heavy atom. The molecular weight excluding hydrogens is 302 g/mol. The number of benzene rings is 2. The van der Waals surface area contributed by atoms with E-state index in [0.717, 1.165) is 17.7 Å².